The highest BCUT2D eigenvalue weighted by Gasteiger charge is 2.10. The number of methoxy groups -OCH3 is 1. The summed E-state index contributed by atoms with van der Waals surface area (Å²) in [5.41, 5.74) is 0.581. The fraction of sp³-hybridized carbons (Fsp3) is 0.235. The number of nitrogens with one attached hydrogen (secondary N) is 1. The van der Waals surface area contributed by atoms with E-state index in [1.165, 1.54) is 4.90 Å². The molecule has 2 aromatic rings. The van der Waals surface area contributed by atoms with Gasteiger partial charge in [0.05, 0.1) is 23.7 Å². The van der Waals surface area contributed by atoms with Crippen LogP contribution in [0.3, 0.4) is 0 Å². The Kier molecular flexibility index (Phi) is 6.58. The number of anilines is 1. The average Bonchev–Trinajstić information content (AvgIpc) is 2.58. The zero-order chi connectivity index (χ0) is 17.5. The Labute approximate surface area is 151 Å². The van der Waals surface area contributed by atoms with E-state index in [0.29, 0.717) is 34.6 Å². The van der Waals surface area contributed by atoms with E-state index in [2.05, 4.69) is 5.32 Å². The summed E-state index contributed by atoms with van der Waals surface area (Å²) in [6, 6.07) is 11.9. The maximum absolute atomic E-state index is 12.1. The molecule has 24 heavy (non-hydrogen) atoms. The van der Waals surface area contributed by atoms with Crippen molar-refractivity contribution in [2.75, 3.05) is 32.6 Å². The standard InChI is InChI=1S/C17H18Cl2N2O3/c1-21(9-10-24-14-6-4-13(23-2)5-7-14)17(22)20-12-3-8-15(18)16(19)11-12/h3-8,11H,9-10H2,1-2H3,(H,20,22). The van der Waals surface area contributed by atoms with Crippen LogP contribution in [-0.2, 0) is 0 Å². The first-order valence-electron chi connectivity index (χ1n) is 7.23. The number of ether oxygens (including phenoxy) is 2. The lowest BCUT2D eigenvalue weighted by Gasteiger charge is -2.18. The molecule has 0 saturated carbocycles. The third-order valence-corrected chi connectivity index (χ3v) is 4.01. The Hall–Kier alpha value is -2.11. The number of rotatable bonds is 6. The Morgan fingerprint density at radius 3 is 2.38 bits per heavy atom. The number of urea groups is 1. The minimum absolute atomic E-state index is 0.258. The number of carbonyl (C=O) groups is 1. The smallest absolute Gasteiger partial charge is 0.321 e. The molecule has 2 aromatic carbocycles. The summed E-state index contributed by atoms with van der Waals surface area (Å²) in [5, 5.41) is 3.57. The lowest BCUT2D eigenvalue weighted by atomic mass is 10.3. The van der Waals surface area contributed by atoms with Gasteiger partial charge in [-0.1, -0.05) is 23.2 Å². The van der Waals surface area contributed by atoms with Crippen molar-refractivity contribution >= 4 is 34.9 Å². The summed E-state index contributed by atoms with van der Waals surface area (Å²) in [4.78, 5) is 13.6. The fourth-order valence-electron chi connectivity index (χ4n) is 1.87. The van der Waals surface area contributed by atoms with E-state index in [1.807, 2.05) is 24.3 Å². The van der Waals surface area contributed by atoms with Gasteiger partial charge in [0, 0.05) is 12.7 Å². The lowest BCUT2D eigenvalue weighted by Crippen LogP contribution is -2.34. The van der Waals surface area contributed by atoms with Crippen molar-refractivity contribution in [1.82, 2.24) is 4.90 Å². The van der Waals surface area contributed by atoms with Crippen LogP contribution in [0.4, 0.5) is 10.5 Å². The number of benzene rings is 2. The number of likely N-dealkylation sites (N-methyl/N-ethyl adjacent to an activating group) is 1. The predicted molar refractivity (Wildman–Crippen MR) is 96.6 cm³/mol. The molecule has 0 aromatic heterocycles. The van der Waals surface area contributed by atoms with Gasteiger partial charge in [0.15, 0.2) is 0 Å². The van der Waals surface area contributed by atoms with Crippen LogP contribution in [0.25, 0.3) is 0 Å². The third kappa shape index (κ3) is 5.22. The molecule has 0 radical (unpaired) electrons. The number of carbonyl (C=O) groups excluding carboxylic acids is 1. The topological polar surface area (TPSA) is 50.8 Å². The van der Waals surface area contributed by atoms with Gasteiger partial charge in [-0.2, -0.15) is 0 Å². The van der Waals surface area contributed by atoms with Crippen molar-refractivity contribution in [2.45, 2.75) is 0 Å². The van der Waals surface area contributed by atoms with Crippen LogP contribution in [-0.4, -0.2) is 38.2 Å². The highest BCUT2D eigenvalue weighted by Crippen LogP contribution is 2.25. The maximum Gasteiger partial charge on any atom is 0.321 e. The molecular weight excluding hydrogens is 351 g/mol. The predicted octanol–water partition coefficient (Wildman–Crippen LogP) is 4.54. The van der Waals surface area contributed by atoms with Gasteiger partial charge in [-0.15, -0.1) is 0 Å². The van der Waals surface area contributed by atoms with Gasteiger partial charge in [-0.3, -0.25) is 0 Å². The van der Waals surface area contributed by atoms with Crippen LogP contribution < -0.4 is 14.8 Å². The zero-order valence-corrected chi connectivity index (χ0v) is 14.9. The van der Waals surface area contributed by atoms with Gasteiger partial charge in [-0.25, -0.2) is 4.79 Å². The first kappa shape index (κ1) is 18.2. The minimum atomic E-state index is -0.258. The quantitative estimate of drug-likeness (QED) is 0.813. The van der Waals surface area contributed by atoms with Gasteiger partial charge < -0.3 is 19.7 Å². The van der Waals surface area contributed by atoms with Crippen molar-refractivity contribution in [1.29, 1.82) is 0 Å². The highest BCUT2D eigenvalue weighted by molar-refractivity contribution is 6.42. The Morgan fingerprint density at radius 1 is 1.08 bits per heavy atom. The molecule has 1 N–H and O–H groups in total. The Balaban J connectivity index is 1.79. The molecule has 2 rings (SSSR count). The van der Waals surface area contributed by atoms with E-state index in [4.69, 9.17) is 32.7 Å². The van der Waals surface area contributed by atoms with Crippen molar-refractivity contribution in [3.05, 3.63) is 52.5 Å². The SMILES string of the molecule is COc1ccc(OCCN(C)C(=O)Nc2ccc(Cl)c(Cl)c2)cc1. The number of halogens is 2. The molecule has 5 nitrogen and oxygen atoms in total. The number of nitrogens with zero attached hydrogens (tertiary/aromatic N) is 1. The maximum atomic E-state index is 12.1. The van der Waals surface area contributed by atoms with Gasteiger partial charge in [0.25, 0.3) is 0 Å². The number of amides is 2. The lowest BCUT2D eigenvalue weighted by molar-refractivity contribution is 0.207. The first-order valence-corrected chi connectivity index (χ1v) is 7.99. The van der Waals surface area contributed by atoms with Crippen molar-refractivity contribution in [3.8, 4) is 11.5 Å². The molecule has 7 heteroatoms. The third-order valence-electron chi connectivity index (χ3n) is 3.27. The number of hydrogen-bond acceptors (Lipinski definition) is 3. The second-order valence-corrected chi connectivity index (χ2v) is 5.82. The molecule has 0 aliphatic heterocycles. The average molecular weight is 369 g/mol. The van der Waals surface area contributed by atoms with E-state index in [1.54, 1.807) is 32.4 Å². The van der Waals surface area contributed by atoms with Crippen LogP contribution in [0.1, 0.15) is 0 Å². The van der Waals surface area contributed by atoms with Crippen molar-refractivity contribution in [2.24, 2.45) is 0 Å². The van der Waals surface area contributed by atoms with E-state index in [9.17, 15) is 4.79 Å². The second kappa shape index (κ2) is 8.66. The normalized spacial score (nSPS) is 10.2. The molecule has 0 aliphatic carbocycles. The van der Waals surface area contributed by atoms with Gasteiger partial charge >= 0.3 is 6.03 Å². The zero-order valence-electron chi connectivity index (χ0n) is 13.4. The van der Waals surface area contributed by atoms with Crippen LogP contribution in [0, 0.1) is 0 Å². The second-order valence-electron chi connectivity index (χ2n) is 5.00. The molecule has 0 saturated heterocycles. The minimum Gasteiger partial charge on any atom is -0.497 e. The van der Waals surface area contributed by atoms with Gasteiger partial charge in [-0.05, 0) is 42.5 Å². The monoisotopic (exact) mass is 368 g/mol. The van der Waals surface area contributed by atoms with E-state index >= 15 is 0 Å². The molecule has 0 unspecified atom stereocenters. The van der Waals surface area contributed by atoms with Crippen LogP contribution in [0.5, 0.6) is 11.5 Å². The summed E-state index contributed by atoms with van der Waals surface area (Å²) >= 11 is 11.8. The Morgan fingerprint density at radius 2 is 1.75 bits per heavy atom. The van der Waals surface area contributed by atoms with Crippen LogP contribution in [0.15, 0.2) is 42.5 Å². The van der Waals surface area contributed by atoms with Crippen LogP contribution in [0.2, 0.25) is 10.0 Å². The summed E-state index contributed by atoms with van der Waals surface area (Å²) in [6.45, 7) is 0.802. The molecule has 2 amide bonds. The molecule has 0 atom stereocenters. The summed E-state index contributed by atoms with van der Waals surface area (Å²) in [7, 11) is 3.29. The molecule has 0 spiro atoms. The molecule has 128 valence electrons. The van der Waals surface area contributed by atoms with Crippen molar-refractivity contribution in [3.63, 3.8) is 0 Å². The number of hydrogen-bond donors (Lipinski definition) is 1. The fourth-order valence-corrected chi connectivity index (χ4v) is 2.16. The van der Waals surface area contributed by atoms with E-state index < -0.39 is 0 Å². The van der Waals surface area contributed by atoms with E-state index in [-0.39, 0.29) is 6.03 Å². The largest absolute Gasteiger partial charge is 0.497 e. The molecule has 0 aliphatic rings. The summed E-state index contributed by atoms with van der Waals surface area (Å²) in [5.74, 6) is 1.48. The molecule has 0 bridgehead atoms. The van der Waals surface area contributed by atoms with Gasteiger partial charge in [0.2, 0.25) is 0 Å². The molecule has 0 fully saturated rings. The van der Waals surface area contributed by atoms with E-state index in [0.717, 1.165) is 5.75 Å². The summed E-state index contributed by atoms with van der Waals surface area (Å²) < 4.78 is 10.7. The Bertz CT molecular complexity index is 693. The first-order chi connectivity index (χ1) is 11.5. The van der Waals surface area contributed by atoms with Crippen LogP contribution >= 0.6 is 23.2 Å². The van der Waals surface area contributed by atoms with Gasteiger partial charge in [0.1, 0.15) is 18.1 Å². The highest BCUT2D eigenvalue weighted by atomic mass is 35.5. The van der Waals surface area contributed by atoms with Crippen molar-refractivity contribution < 1.29 is 14.3 Å². The molecule has 0 heterocycles. The summed E-state index contributed by atoms with van der Waals surface area (Å²) in [6.07, 6.45) is 0. The molecular formula is C17H18Cl2N2O3.